The highest BCUT2D eigenvalue weighted by Crippen LogP contribution is 2.22. The van der Waals surface area contributed by atoms with Crippen molar-refractivity contribution < 1.29 is 23.9 Å². The molecular weight excluding hydrogens is 298 g/mol. The summed E-state index contributed by atoms with van der Waals surface area (Å²) in [6, 6.07) is -0.251. The number of carbonyl (C=O) groups is 3. The second-order valence-corrected chi connectivity index (χ2v) is 8.22. The summed E-state index contributed by atoms with van der Waals surface area (Å²) >= 11 is 0. The van der Waals surface area contributed by atoms with Crippen LogP contribution in [0.25, 0.3) is 0 Å². The lowest BCUT2D eigenvalue weighted by Crippen LogP contribution is -2.44. The maximum absolute atomic E-state index is 12.2. The van der Waals surface area contributed by atoms with Crippen molar-refractivity contribution in [1.82, 2.24) is 4.90 Å². The van der Waals surface area contributed by atoms with E-state index in [1.54, 1.807) is 20.8 Å². The van der Waals surface area contributed by atoms with Crippen LogP contribution in [0.3, 0.4) is 0 Å². The second-order valence-electron chi connectivity index (χ2n) is 8.22. The summed E-state index contributed by atoms with van der Waals surface area (Å²) in [5.74, 6) is -1.80. The Morgan fingerprint density at radius 3 is 2.22 bits per heavy atom. The van der Waals surface area contributed by atoms with Gasteiger partial charge in [-0.1, -0.05) is 20.8 Å². The molecular formula is C17H29NO5. The highest BCUT2D eigenvalue weighted by molar-refractivity contribution is 6.32. The maximum Gasteiger partial charge on any atom is 0.397 e. The Morgan fingerprint density at radius 1 is 1.09 bits per heavy atom. The molecule has 1 aliphatic rings. The van der Waals surface area contributed by atoms with E-state index in [-0.39, 0.29) is 24.0 Å². The Labute approximate surface area is 138 Å². The van der Waals surface area contributed by atoms with Gasteiger partial charge in [-0.3, -0.25) is 9.59 Å². The van der Waals surface area contributed by atoms with E-state index in [9.17, 15) is 14.4 Å². The van der Waals surface area contributed by atoms with Crippen molar-refractivity contribution in [2.45, 2.75) is 72.4 Å². The van der Waals surface area contributed by atoms with Gasteiger partial charge in [-0.15, -0.1) is 0 Å². The Morgan fingerprint density at radius 2 is 1.70 bits per heavy atom. The first-order chi connectivity index (χ1) is 10.4. The first-order valence-corrected chi connectivity index (χ1v) is 8.09. The summed E-state index contributed by atoms with van der Waals surface area (Å²) in [7, 11) is 0. The molecule has 0 saturated carbocycles. The van der Waals surface area contributed by atoms with Gasteiger partial charge in [-0.25, -0.2) is 4.79 Å². The Kier molecular flexibility index (Phi) is 6.19. The van der Waals surface area contributed by atoms with Gasteiger partial charge >= 0.3 is 17.8 Å². The molecule has 1 amide bonds. The van der Waals surface area contributed by atoms with Crippen molar-refractivity contribution >= 4 is 17.8 Å². The molecule has 1 heterocycles. The van der Waals surface area contributed by atoms with Gasteiger partial charge in [0.1, 0.15) is 12.2 Å². The zero-order valence-electron chi connectivity index (χ0n) is 15.1. The molecule has 1 aliphatic heterocycles. The van der Waals surface area contributed by atoms with E-state index in [2.05, 4.69) is 0 Å². The van der Waals surface area contributed by atoms with E-state index in [1.807, 2.05) is 20.8 Å². The minimum atomic E-state index is -0.856. The molecule has 1 atom stereocenters. The normalized spacial score (nSPS) is 18.7. The van der Waals surface area contributed by atoms with Crippen molar-refractivity contribution in [3.05, 3.63) is 0 Å². The standard InChI is InChI=1S/C17H29NO5/c1-16(2,3)10-13(19)22-11-12-8-7-9-18(12)14(20)15(21)23-17(4,5)6/h12H,7-11H2,1-6H3/t12-/m0/s1. The van der Waals surface area contributed by atoms with Gasteiger partial charge in [0.05, 0.1) is 12.5 Å². The number of hydrogen-bond donors (Lipinski definition) is 0. The number of hydrogen-bond acceptors (Lipinski definition) is 5. The largest absolute Gasteiger partial charge is 0.463 e. The molecule has 0 spiro atoms. The topological polar surface area (TPSA) is 72.9 Å². The summed E-state index contributed by atoms with van der Waals surface area (Å²) in [6.07, 6.45) is 1.83. The summed E-state index contributed by atoms with van der Waals surface area (Å²) in [5.41, 5.74) is -0.847. The third-order valence-corrected chi connectivity index (χ3v) is 3.32. The first kappa shape index (κ1) is 19.5. The van der Waals surface area contributed by atoms with Gasteiger partial charge < -0.3 is 14.4 Å². The van der Waals surface area contributed by atoms with E-state index < -0.39 is 17.5 Å². The monoisotopic (exact) mass is 327 g/mol. The third-order valence-electron chi connectivity index (χ3n) is 3.32. The summed E-state index contributed by atoms with van der Waals surface area (Å²) < 4.78 is 10.4. The lowest BCUT2D eigenvalue weighted by Gasteiger charge is -2.26. The molecule has 6 nitrogen and oxygen atoms in total. The summed E-state index contributed by atoms with van der Waals surface area (Å²) in [5, 5.41) is 0. The van der Waals surface area contributed by atoms with E-state index >= 15 is 0 Å². The molecule has 1 saturated heterocycles. The molecule has 0 radical (unpaired) electrons. The fraction of sp³-hybridized carbons (Fsp3) is 0.824. The van der Waals surface area contributed by atoms with Crippen LogP contribution in [0.2, 0.25) is 0 Å². The minimum absolute atomic E-state index is 0.128. The predicted molar refractivity (Wildman–Crippen MR) is 85.6 cm³/mol. The molecule has 0 aromatic carbocycles. The van der Waals surface area contributed by atoms with Gasteiger partial charge in [0.15, 0.2) is 0 Å². The van der Waals surface area contributed by atoms with Crippen LogP contribution in [0.15, 0.2) is 0 Å². The Bertz CT molecular complexity index is 459. The Balaban J connectivity index is 2.55. The number of amides is 1. The van der Waals surface area contributed by atoms with Gasteiger partial charge in [-0.05, 0) is 39.0 Å². The number of ether oxygens (including phenoxy) is 2. The molecule has 1 rings (SSSR count). The van der Waals surface area contributed by atoms with Crippen LogP contribution < -0.4 is 0 Å². The van der Waals surface area contributed by atoms with Gasteiger partial charge in [0.25, 0.3) is 0 Å². The average molecular weight is 327 g/mol. The van der Waals surface area contributed by atoms with Crippen LogP contribution in [0.5, 0.6) is 0 Å². The number of nitrogens with zero attached hydrogens (tertiary/aromatic N) is 1. The fourth-order valence-electron chi connectivity index (χ4n) is 2.39. The molecule has 1 fully saturated rings. The molecule has 0 aromatic heterocycles. The summed E-state index contributed by atoms with van der Waals surface area (Å²) in [6.45, 7) is 11.6. The molecule has 0 aromatic rings. The average Bonchev–Trinajstić information content (AvgIpc) is 2.79. The van der Waals surface area contributed by atoms with Crippen molar-refractivity contribution in [3.63, 3.8) is 0 Å². The lowest BCUT2D eigenvalue weighted by molar-refractivity contribution is -0.169. The maximum atomic E-state index is 12.2. The van der Waals surface area contributed by atoms with Crippen LogP contribution in [0.1, 0.15) is 60.8 Å². The molecule has 23 heavy (non-hydrogen) atoms. The number of esters is 2. The smallest absolute Gasteiger partial charge is 0.397 e. The van der Waals surface area contributed by atoms with Gasteiger partial charge in [-0.2, -0.15) is 0 Å². The van der Waals surface area contributed by atoms with Crippen LogP contribution in [0, 0.1) is 5.41 Å². The molecule has 0 aliphatic carbocycles. The molecule has 0 N–H and O–H groups in total. The van der Waals surface area contributed by atoms with E-state index in [4.69, 9.17) is 9.47 Å². The predicted octanol–water partition coefficient (Wildman–Crippen LogP) is 2.30. The SMILES string of the molecule is CC(C)(C)CC(=O)OC[C@@H]1CCCN1C(=O)C(=O)OC(C)(C)C. The zero-order chi connectivity index (χ0) is 17.8. The Hall–Kier alpha value is -1.59. The van der Waals surface area contributed by atoms with Gasteiger partial charge in [0, 0.05) is 6.54 Å². The zero-order valence-corrected chi connectivity index (χ0v) is 15.1. The third kappa shape index (κ3) is 7.01. The summed E-state index contributed by atoms with van der Waals surface area (Å²) in [4.78, 5) is 37.4. The quantitative estimate of drug-likeness (QED) is 0.587. The number of carbonyl (C=O) groups excluding carboxylic acids is 3. The van der Waals surface area contributed by atoms with Crippen molar-refractivity contribution in [3.8, 4) is 0 Å². The van der Waals surface area contributed by atoms with Crippen molar-refractivity contribution in [2.75, 3.05) is 13.2 Å². The lowest BCUT2D eigenvalue weighted by atomic mass is 9.92. The highest BCUT2D eigenvalue weighted by atomic mass is 16.6. The van der Waals surface area contributed by atoms with Crippen molar-refractivity contribution in [2.24, 2.45) is 5.41 Å². The van der Waals surface area contributed by atoms with E-state index in [1.165, 1.54) is 4.90 Å². The molecule has 132 valence electrons. The van der Waals surface area contributed by atoms with Gasteiger partial charge in [0.2, 0.25) is 0 Å². The second kappa shape index (κ2) is 7.32. The van der Waals surface area contributed by atoms with Crippen LogP contribution in [-0.2, 0) is 23.9 Å². The van der Waals surface area contributed by atoms with Crippen LogP contribution in [0.4, 0.5) is 0 Å². The highest BCUT2D eigenvalue weighted by Gasteiger charge is 2.35. The van der Waals surface area contributed by atoms with Crippen molar-refractivity contribution in [1.29, 1.82) is 0 Å². The van der Waals surface area contributed by atoms with E-state index in [0.29, 0.717) is 13.0 Å². The molecule has 6 heteroatoms. The molecule has 0 bridgehead atoms. The fourth-order valence-corrected chi connectivity index (χ4v) is 2.39. The van der Waals surface area contributed by atoms with E-state index in [0.717, 1.165) is 12.8 Å². The molecule has 0 unspecified atom stereocenters. The minimum Gasteiger partial charge on any atom is -0.463 e. The number of likely N-dealkylation sites (tertiary alicyclic amines) is 1. The van der Waals surface area contributed by atoms with Crippen LogP contribution >= 0.6 is 0 Å². The first-order valence-electron chi connectivity index (χ1n) is 8.09. The van der Waals surface area contributed by atoms with Crippen LogP contribution in [-0.4, -0.2) is 47.5 Å². The number of rotatable bonds is 3.